The van der Waals surface area contributed by atoms with E-state index in [9.17, 15) is 9.59 Å². The van der Waals surface area contributed by atoms with Gasteiger partial charge in [-0.1, -0.05) is 23.8 Å². The first-order valence-electron chi connectivity index (χ1n) is 7.92. The van der Waals surface area contributed by atoms with Crippen molar-refractivity contribution in [2.75, 3.05) is 26.8 Å². The van der Waals surface area contributed by atoms with Crippen molar-refractivity contribution in [2.45, 2.75) is 6.92 Å². The van der Waals surface area contributed by atoms with Crippen LogP contribution in [0.1, 0.15) is 15.9 Å². The van der Waals surface area contributed by atoms with E-state index in [1.807, 2.05) is 31.2 Å². The van der Waals surface area contributed by atoms with Crippen LogP contribution in [0.25, 0.3) is 0 Å². The van der Waals surface area contributed by atoms with E-state index in [2.05, 4.69) is 0 Å². The third kappa shape index (κ3) is 5.84. The predicted octanol–water partition coefficient (Wildman–Crippen LogP) is 2.01. The standard InChI is InChI=1S/C19H22N2O4/c1-14-6-8-16(9-7-14)24-11-10-21(2)19(23)15-4-3-5-17(12-15)25-13-18(20)22/h3-9,12H,10-11,13H2,1-2H3,(H2,20,22). The number of rotatable bonds is 8. The number of carbonyl (C=O) groups is 2. The molecule has 0 aliphatic carbocycles. The second kappa shape index (κ2) is 8.73. The number of likely N-dealkylation sites (N-methyl/N-ethyl adjacent to an activating group) is 1. The number of carbonyl (C=O) groups excluding carboxylic acids is 2. The molecule has 0 aliphatic rings. The summed E-state index contributed by atoms with van der Waals surface area (Å²) in [5, 5.41) is 0. The van der Waals surface area contributed by atoms with Gasteiger partial charge < -0.3 is 20.1 Å². The Morgan fingerprint density at radius 1 is 1.04 bits per heavy atom. The lowest BCUT2D eigenvalue weighted by atomic mass is 10.2. The Balaban J connectivity index is 1.87. The molecule has 132 valence electrons. The summed E-state index contributed by atoms with van der Waals surface area (Å²) in [6.45, 7) is 2.62. The maximum absolute atomic E-state index is 12.4. The van der Waals surface area contributed by atoms with Gasteiger partial charge in [0.1, 0.15) is 18.1 Å². The van der Waals surface area contributed by atoms with Gasteiger partial charge in [0.15, 0.2) is 6.61 Å². The Bertz CT molecular complexity index is 728. The predicted molar refractivity (Wildman–Crippen MR) is 94.8 cm³/mol. The molecule has 0 radical (unpaired) electrons. The highest BCUT2D eigenvalue weighted by atomic mass is 16.5. The van der Waals surface area contributed by atoms with Gasteiger partial charge in [-0.05, 0) is 37.3 Å². The van der Waals surface area contributed by atoms with Crippen LogP contribution in [0, 0.1) is 6.92 Å². The van der Waals surface area contributed by atoms with Crippen LogP contribution in [0.15, 0.2) is 48.5 Å². The third-order valence-corrected chi connectivity index (χ3v) is 3.53. The zero-order chi connectivity index (χ0) is 18.2. The van der Waals surface area contributed by atoms with Crippen LogP contribution in [-0.4, -0.2) is 43.5 Å². The fraction of sp³-hybridized carbons (Fsp3) is 0.263. The van der Waals surface area contributed by atoms with Crippen molar-refractivity contribution in [1.29, 1.82) is 0 Å². The SMILES string of the molecule is Cc1ccc(OCCN(C)C(=O)c2cccc(OCC(N)=O)c2)cc1. The average molecular weight is 342 g/mol. The molecule has 0 saturated heterocycles. The molecule has 2 amide bonds. The normalized spacial score (nSPS) is 10.2. The Labute approximate surface area is 147 Å². The Morgan fingerprint density at radius 3 is 2.44 bits per heavy atom. The van der Waals surface area contributed by atoms with Gasteiger partial charge in [-0.25, -0.2) is 0 Å². The molecule has 0 spiro atoms. The maximum atomic E-state index is 12.4. The van der Waals surface area contributed by atoms with Crippen LogP contribution in [0.4, 0.5) is 0 Å². The number of amides is 2. The summed E-state index contributed by atoms with van der Waals surface area (Å²) in [7, 11) is 1.71. The van der Waals surface area contributed by atoms with E-state index in [1.54, 1.807) is 36.2 Å². The molecule has 0 fully saturated rings. The van der Waals surface area contributed by atoms with Gasteiger partial charge in [-0.2, -0.15) is 0 Å². The van der Waals surface area contributed by atoms with Gasteiger partial charge in [-0.15, -0.1) is 0 Å². The van der Waals surface area contributed by atoms with E-state index in [0.717, 1.165) is 11.3 Å². The fourth-order valence-electron chi connectivity index (χ4n) is 2.13. The summed E-state index contributed by atoms with van der Waals surface area (Å²) in [4.78, 5) is 24.8. The molecule has 2 N–H and O–H groups in total. The smallest absolute Gasteiger partial charge is 0.255 e. The summed E-state index contributed by atoms with van der Waals surface area (Å²) in [5.74, 6) is 0.474. The number of benzene rings is 2. The summed E-state index contributed by atoms with van der Waals surface area (Å²) in [6, 6.07) is 14.4. The first kappa shape index (κ1) is 18.3. The molecule has 25 heavy (non-hydrogen) atoms. The monoisotopic (exact) mass is 342 g/mol. The lowest BCUT2D eigenvalue weighted by molar-refractivity contribution is -0.119. The Morgan fingerprint density at radius 2 is 1.76 bits per heavy atom. The molecule has 0 heterocycles. The summed E-state index contributed by atoms with van der Waals surface area (Å²) < 4.78 is 10.9. The molecule has 0 saturated carbocycles. The van der Waals surface area contributed by atoms with E-state index in [4.69, 9.17) is 15.2 Å². The minimum absolute atomic E-state index is 0.156. The second-order valence-electron chi connectivity index (χ2n) is 5.67. The molecule has 0 aromatic heterocycles. The number of nitrogens with two attached hydrogens (primary N) is 1. The van der Waals surface area contributed by atoms with Gasteiger partial charge in [-0.3, -0.25) is 9.59 Å². The van der Waals surface area contributed by atoms with Crippen molar-refractivity contribution >= 4 is 11.8 Å². The second-order valence-corrected chi connectivity index (χ2v) is 5.67. The van der Waals surface area contributed by atoms with Gasteiger partial charge in [0.05, 0.1) is 6.54 Å². The number of ether oxygens (including phenoxy) is 2. The van der Waals surface area contributed by atoms with Crippen molar-refractivity contribution in [1.82, 2.24) is 4.90 Å². The summed E-state index contributed by atoms with van der Waals surface area (Å²) in [6.07, 6.45) is 0. The van der Waals surface area contributed by atoms with E-state index in [1.165, 1.54) is 0 Å². The van der Waals surface area contributed by atoms with Crippen molar-refractivity contribution in [3.05, 3.63) is 59.7 Å². The van der Waals surface area contributed by atoms with Crippen LogP contribution >= 0.6 is 0 Å². The highest BCUT2D eigenvalue weighted by Gasteiger charge is 2.12. The van der Waals surface area contributed by atoms with Crippen molar-refractivity contribution in [3.8, 4) is 11.5 Å². The fourth-order valence-corrected chi connectivity index (χ4v) is 2.13. The first-order valence-corrected chi connectivity index (χ1v) is 7.92. The molecule has 0 bridgehead atoms. The van der Waals surface area contributed by atoms with Gasteiger partial charge in [0.2, 0.25) is 0 Å². The zero-order valence-electron chi connectivity index (χ0n) is 14.4. The zero-order valence-corrected chi connectivity index (χ0v) is 14.4. The van der Waals surface area contributed by atoms with E-state index < -0.39 is 5.91 Å². The molecular weight excluding hydrogens is 320 g/mol. The van der Waals surface area contributed by atoms with Crippen LogP contribution in [0.3, 0.4) is 0 Å². The molecule has 2 aromatic rings. The lowest BCUT2D eigenvalue weighted by Gasteiger charge is -2.18. The quantitative estimate of drug-likeness (QED) is 0.795. The largest absolute Gasteiger partial charge is 0.492 e. The lowest BCUT2D eigenvalue weighted by Crippen LogP contribution is -2.30. The third-order valence-electron chi connectivity index (χ3n) is 3.53. The van der Waals surface area contributed by atoms with Crippen LogP contribution in [0.2, 0.25) is 0 Å². The first-order chi connectivity index (χ1) is 12.0. The van der Waals surface area contributed by atoms with Crippen LogP contribution < -0.4 is 15.2 Å². The van der Waals surface area contributed by atoms with Crippen LogP contribution in [0.5, 0.6) is 11.5 Å². The van der Waals surface area contributed by atoms with Gasteiger partial charge in [0, 0.05) is 12.6 Å². The van der Waals surface area contributed by atoms with Gasteiger partial charge >= 0.3 is 0 Å². The number of nitrogens with zero attached hydrogens (tertiary/aromatic N) is 1. The molecular formula is C19H22N2O4. The van der Waals surface area contributed by atoms with Crippen molar-refractivity contribution in [2.24, 2.45) is 5.73 Å². The molecule has 2 aromatic carbocycles. The molecule has 0 unspecified atom stereocenters. The molecule has 6 nitrogen and oxygen atoms in total. The minimum Gasteiger partial charge on any atom is -0.492 e. The number of hydrogen-bond donors (Lipinski definition) is 1. The molecule has 0 atom stereocenters. The summed E-state index contributed by atoms with van der Waals surface area (Å²) in [5.41, 5.74) is 6.68. The highest BCUT2D eigenvalue weighted by molar-refractivity contribution is 5.94. The van der Waals surface area contributed by atoms with Gasteiger partial charge in [0.25, 0.3) is 11.8 Å². The highest BCUT2D eigenvalue weighted by Crippen LogP contribution is 2.15. The van der Waals surface area contributed by atoms with Crippen LogP contribution in [-0.2, 0) is 4.79 Å². The van der Waals surface area contributed by atoms with E-state index in [0.29, 0.717) is 24.5 Å². The molecule has 0 aliphatic heterocycles. The molecule has 6 heteroatoms. The molecule has 2 rings (SSSR count). The Kier molecular flexibility index (Phi) is 6.39. The minimum atomic E-state index is -0.567. The number of aryl methyl sites for hydroxylation is 1. The topological polar surface area (TPSA) is 81.9 Å². The maximum Gasteiger partial charge on any atom is 0.255 e. The number of primary amides is 1. The van der Waals surface area contributed by atoms with Crippen molar-refractivity contribution < 1.29 is 19.1 Å². The van der Waals surface area contributed by atoms with Crippen molar-refractivity contribution in [3.63, 3.8) is 0 Å². The Hall–Kier alpha value is -3.02. The average Bonchev–Trinajstić information content (AvgIpc) is 2.61. The van der Waals surface area contributed by atoms with E-state index >= 15 is 0 Å². The number of hydrogen-bond acceptors (Lipinski definition) is 4. The van der Waals surface area contributed by atoms with E-state index in [-0.39, 0.29) is 12.5 Å². The summed E-state index contributed by atoms with van der Waals surface area (Å²) >= 11 is 0.